The van der Waals surface area contributed by atoms with Crippen LogP contribution in [0.15, 0.2) is 40.9 Å². The van der Waals surface area contributed by atoms with E-state index in [9.17, 15) is 4.39 Å². The van der Waals surface area contributed by atoms with Gasteiger partial charge in [-0.3, -0.25) is 0 Å². The van der Waals surface area contributed by atoms with Crippen molar-refractivity contribution in [2.45, 2.75) is 11.8 Å². The Morgan fingerprint density at radius 1 is 1.10 bits per heavy atom. The van der Waals surface area contributed by atoms with E-state index < -0.39 is 11.2 Å². The number of alkyl halides is 1. The summed E-state index contributed by atoms with van der Waals surface area (Å²) in [6.45, 7) is 0. The lowest BCUT2D eigenvalue weighted by molar-refractivity contribution is 0.351. The average molecular weight is 374 g/mol. The molecule has 1 unspecified atom stereocenters. The van der Waals surface area contributed by atoms with Crippen LogP contribution in [0.3, 0.4) is 0 Å². The standard InChI is InChI=1S/C16H15BrClFO2/c1-20-15-8-12(14(19)9-16(15)21-2)13(18)7-10-3-5-11(17)6-4-10/h3-6,8-9,13H,7H2,1-2H3. The normalized spacial score (nSPS) is 12.0. The molecular weight excluding hydrogens is 359 g/mol. The van der Waals surface area contributed by atoms with Gasteiger partial charge in [-0.1, -0.05) is 28.1 Å². The maximum Gasteiger partial charge on any atom is 0.163 e. The van der Waals surface area contributed by atoms with Crippen LogP contribution in [0.1, 0.15) is 16.5 Å². The summed E-state index contributed by atoms with van der Waals surface area (Å²) in [6, 6.07) is 10.7. The Morgan fingerprint density at radius 3 is 2.24 bits per heavy atom. The van der Waals surface area contributed by atoms with Gasteiger partial charge in [0.15, 0.2) is 11.5 Å². The van der Waals surface area contributed by atoms with Crippen molar-refractivity contribution in [3.8, 4) is 11.5 Å². The number of benzene rings is 2. The van der Waals surface area contributed by atoms with Crippen LogP contribution in [0, 0.1) is 5.82 Å². The van der Waals surface area contributed by atoms with Crippen molar-refractivity contribution in [2.75, 3.05) is 14.2 Å². The molecule has 21 heavy (non-hydrogen) atoms. The Morgan fingerprint density at radius 2 is 1.67 bits per heavy atom. The van der Waals surface area contributed by atoms with Gasteiger partial charge in [0.2, 0.25) is 0 Å². The van der Waals surface area contributed by atoms with E-state index in [0.29, 0.717) is 23.5 Å². The van der Waals surface area contributed by atoms with E-state index in [4.69, 9.17) is 21.1 Å². The van der Waals surface area contributed by atoms with Crippen LogP contribution in [0.5, 0.6) is 11.5 Å². The van der Waals surface area contributed by atoms with E-state index in [1.165, 1.54) is 20.3 Å². The van der Waals surface area contributed by atoms with Gasteiger partial charge in [-0.05, 0) is 30.2 Å². The first kappa shape index (κ1) is 16.1. The summed E-state index contributed by atoms with van der Waals surface area (Å²) < 4.78 is 25.4. The molecule has 0 fully saturated rings. The molecule has 2 rings (SSSR count). The molecule has 112 valence electrons. The third-order valence-corrected chi connectivity index (χ3v) is 4.09. The molecular formula is C16H15BrClFO2. The Hall–Kier alpha value is -1.26. The second-order valence-corrected chi connectivity index (χ2v) is 5.97. The number of hydrogen-bond acceptors (Lipinski definition) is 2. The zero-order chi connectivity index (χ0) is 15.4. The molecule has 0 aromatic heterocycles. The molecule has 0 radical (unpaired) electrons. The van der Waals surface area contributed by atoms with Gasteiger partial charge in [0.25, 0.3) is 0 Å². The first-order valence-corrected chi connectivity index (χ1v) is 7.58. The van der Waals surface area contributed by atoms with Crippen LogP contribution in [-0.2, 0) is 6.42 Å². The molecule has 0 aliphatic heterocycles. The van der Waals surface area contributed by atoms with Crippen molar-refractivity contribution in [1.29, 1.82) is 0 Å². The van der Waals surface area contributed by atoms with Crippen molar-refractivity contribution in [3.05, 3.63) is 57.8 Å². The summed E-state index contributed by atoms with van der Waals surface area (Å²) in [6.07, 6.45) is 0.529. The highest BCUT2D eigenvalue weighted by Crippen LogP contribution is 2.36. The van der Waals surface area contributed by atoms with Gasteiger partial charge in [-0.2, -0.15) is 0 Å². The van der Waals surface area contributed by atoms with Crippen molar-refractivity contribution in [3.63, 3.8) is 0 Å². The lowest BCUT2D eigenvalue weighted by Crippen LogP contribution is -2.01. The third-order valence-electron chi connectivity index (χ3n) is 3.17. The molecule has 0 saturated carbocycles. The van der Waals surface area contributed by atoms with E-state index >= 15 is 0 Å². The second-order valence-electron chi connectivity index (χ2n) is 4.53. The van der Waals surface area contributed by atoms with Gasteiger partial charge in [0.1, 0.15) is 5.82 Å². The molecule has 0 aliphatic carbocycles. The molecule has 0 heterocycles. The molecule has 0 bridgehead atoms. The summed E-state index contributed by atoms with van der Waals surface area (Å²) in [5.41, 5.74) is 1.43. The number of methoxy groups -OCH3 is 2. The average Bonchev–Trinajstić information content (AvgIpc) is 2.49. The maximum absolute atomic E-state index is 14.1. The molecule has 0 aliphatic rings. The van der Waals surface area contributed by atoms with E-state index in [2.05, 4.69) is 15.9 Å². The Labute approximate surface area is 137 Å². The SMILES string of the molecule is COc1cc(F)c(C(Cl)Cc2ccc(Br)cc2)cc1OC. The molecule has 0 amide bonds. The lowest BCUT2D eigenvalue weighted by atomic mass is 10.0. The largest absolute Gasteiger partial charge is 0.493 e. The maximum atomic E-state index is 14.1. The minimum absolute atomic E-state index is 0.353. The molecule has 2 aromatic rings. The minimum atomic E-state index is -0.481. The Balaban J connectivity index is 2.26. The van der Waals surface area contributed by atoms with Crippen LogP contribution in [0.2, 0.25) is 0 Å². The summed E-state index contributed by atoms with van der Waals surface area (Å²) in [5, 5.41) is -0.481. The summed E-state index contributed by atoms with van der Waals surface area (Å²) in [5.74, 6) is 0.423. The molecule has 2 nitrogen and oxygen atoms in total. The monoisotopic (exact) mass is 372 g/mol. The highest BCUT2D eigenvalue weighted by molar-refractivity contribution is 9.10. The molecule has 2 aromatic carbocycles. The Kier molecular flexibility index (Phi) is 5.48. The highest BCUT2D eigenvalue weighted by atomic mass is 79.9. The fourth-order valence-electron chi connectivity index (χ4n) is 2.05. The predicted molar refractivity (Wildman–Crippen MR) is 85.9 cm³/mol. The van der Waals surface area contributed by atoms with Crippen LogP contribution in [0.4, 0.5) is 4.39 Å². The third kappa shape index (κ3) is 3.89. The first-order chi connectivity index (χ1) is 10.0. The molecule has 1 atom stereocenters. The van der Waals surface area contributed by atoms with Crippen LogP contribution < -0.4 is 9.47 Å². The number of hydrogen-bond donors (Lipinski definition) is 0. The van der Waals surface area contributed by atoms with Gasteiger partial charge in [0.05, 0.1) is 19.6 Å². The van der Waals surface area contributed by atoms with E-state index in [0.717, 1.165) is 10.0 Å². The smallest absolute Gasteiger partial charge is 0.163 e. The fraction of sp³-hybridized carbons (Fsp3) is 0.250. The highest BCUT2D eigenvalue weighted by Gasteiger charge is 2.18. The first-order valence-electron chi connectivity index (χ1n) is 6.35. The fourth-order valence-corrected chi connectivity index (χ4v) is 2.66. The summed E-state index contributed by atoms with van der Waals surface area (Å²) in [7, 11) is 2.98. The number of rotatable bonds is 5. The molecule has 0 saturated heterocycles. The Bertz CT molecular complexity index is 616. The van der Waals surface area contributed by atoms with Gasteiger partial charge in [0, 0.05) is 16.1 Å². The zero-order valence-corrected chi connectivity index (χ0v) is 14.0. The van der Waals surface area contributed by atoms with E-state index in [1.54, 1.807) is 6.07 Å². The molecule has 0 spiro atoms. The van der Waals surface area contributed by atoms with Crippen molar-refractivity contribution in [2.24, 2.45) is 0 Å². The summed E-state index contributed by atoms with van der Waals surface area (Å²) in [4.78, 5) is 0. The topological polar surface area (TPSA) is 18.5 Å². The van der Waals surface area contributed by atoms with Gasteiger partial charge in [-0.15, -0.1) is 11.6 Å². The van der Waals surface area contributed by atoms with Gasteiger partial charge < -0.3 is 9.47 Å². The predicted octanol–water partition coefficient (Wildman–Crippen LogP) is 5.13. The number of ether oxygens (including phenoxy) is 2. The minimum Gasteiger partial charge on any atom is -0.493 e. The molecule has 5 heteroatoms. The summed E-state index contributed by atoms with van der Waals surface area (Å²) >= 11 is 9.74. The van der Waals surface area contributed by atoms with Crippen molar-refractivity contribution >= 4 is 27.5 Å². The quantitative estimate of drug-likeness (QED) is 0.677. The van der Waals surface area contributed by atoms with Gasteiger partial charge in [-0.25, -0.2) is 4.39 Å². The number of halogens is 3. The zero-order valence-electron chi connectivity index (χ0n) is 11.7. The van der Waals surface area contributed by atoms with Crippen LogP contribution >= 0.6 is 27.5 Å². The second kappa shape index (κ2) is 7.14. The lowest BCUT2D eigenvalue weighted by Gasteiger charge is -2.15. The van der Waals surface area contributed by atoms with Crippen LogP contribution in [-0.4, -0.2) is 14.2 Å². The van der Waals surface area contributed by atoms with E-state index in [-0.39, 0.29) is 0 Å². The molecule has 0 N–H and O–H groups in total. The van der Waals surface area contributed by atoms with Gasteiger partial charge >= 0.3 is 0 Å². The van der Waals surface area contributed by atoms with Crippen LogP contribution in [0.25, 0.3) is 0 Å². The van der Waals surface area contributed by atoms with E-state index in [1.807, 2.05) is 24.3 Å². The van der Waals surface area contributed by atoms with Crippen molar-refractivity contribution < 1.29 is 13.9 Å². The van der Waals surface area contributed by atoms with Crippen molar-refractivity contribution in [1.82, 2.24) is 0 Å².